The van der Waals surface area contributed by atoms with Crippen molar-refractivity contribution < 1.29 is 38.0 Å². The zero-order valence-corrected chi connectivity index (χ0v) is 33.3. The van der Waals surface area contributed by atoms with Gasteiger partial charge in [0.1, 0.15) is 35.8 Å². The SMILES string of the molecule is Cc1cc(=O)oc2cc(NC(=O)C(Cc3c[nH]c4ccccc34)NC(=O)C(Cc3ccccc3)NC(=O)C3CCCN3C(=O)C(CC(N)=O)NC(=O)C3CCC(=O)N3)ccc12. The Kier molecular flexibility index (Phi) is 12.6. The number of aromatic nitrogens is 1. The third-order valence-corrected chi connectivity index (χ3v) is 11.0. The van der Waals surface area contributed by atoms with E-state index in [9.17, 15) is 38.4 Å². The molecule has 7 rings (SSSR count). The minimum atomic E-state index is -1.40. The predicted molar refractivity (Wildman–Crippen MR) is 224 cm³/mol. The summed E-state index contributed by atoms with van der Waals surface area (Å²) in [5.41, 5.74) is 8.50. The molecule has 5 aromatic rings. The van der Waals surface area contributed by atoms with Crippen molar-refractivity contribution in [2.45, 2.75) is 82.1 Å². The molecular weight excluding hydrogens is 785 g/mol. The molecule has 3 aromatic carbocycles. The molecule has 2 aromatic heterocycles. The van der Waals surface area contributed by atoms with E-state index in [2.05, 4.69) is 31.6 Å². The Morgan fingerprint density at radius 2 is 1.56 bits per heavy atom. The summed E-state index contributed by atoms with van der Waals surface area (Å²) in [5, 5.41) is 15.1. The van der Waals surface area contributed by atoms with E-state index < -0.39 is 77.7 Å². The fourth-order valence-electron chi connectivity index (χ4n) is 7.95. The number of amides is 7. The molecular formula is C44H46N8O9. The summed E-state index contributed by atoms with van der Waals surface area (Å²) in [5.74, 6) is -4.45. The van der Waals surface area contributed by atoms with Gasteiger partial charge in [0.25, 0.3) is 0 Å². The van der Waals surface area contributed by atoms with Gasteiger partial charge in [-0.25, -0.2) is 4.79 Å². The van der Waals surface area contributed by atoms with Gasteiger partial charge in [0.15, 0.2) is 0 Å². The van der Waals surface area contributed by atoms with Gasteiger partial charge >= 0.3 is 5.63 Å². The van der Waals surface area contributed by atoms with Crippen molar-refractivity contribution in [1.29, 1.82) is 0 Å². The molecule has 17 heteroatoms. The van der Waals surface area contributed by atoms with Crippen LogP contribution < -0.4 is 37.9 Å². The second-order valence-corrected chi connectivity index (χ2v) is 15.4. The van der Waals surface area contributed by atoms with Crippen molar-refractivity contribution in [2.75, 3.05) is 11.9 Å². The maximum absolute atomic E-state index is 14.4. The normalized spacial score (nSPS) is 17.6. The lowest BCUT2D eigenvalue weighted by atomic mass is 10.0. The summed E-state index contributed by atoms with van der Waals surface area (Å²) >= 11 is 0. The number of aromatic amines is 1. The summed E-state index contributed by atoms with van der Waals surface area (Å²) in [6.45, 7) is 1.90. The topological polar surface area (TPSA) is 255 Å². The van der Waals surface area contributed by atoms with Crippen LogP contribution in [0.5, 0.6) is 0 Å². The number of aryl methyl sites for hydroxylation is 1. The first kappa shape index (κ1) is 41.8. The zero-order chi connectivity index (χ0) is 43.2. The number of carbonyl (C=O) groups excluding carboxylic acids is 7. The Labute approximate surface area is 349 Å². The van der Waals surface area contributed by atoms with Crippen molar-refractivity contribution in [3.05, 3.63) is 112 Å². The molecule has 0 bridgehead atoms. The molecule has 0 aliphatic carbocycles. The van der Waals surface area contributed by atoms with Gasteiger partial charge in [0.05, 0.1) is 6.42 Å². The van der Waals surface area contributed by atoms with Crippen LogP contribution in [0, 0.1) is 6.92 Å². The lowest BCUT2D eigenvalue weighted by Gasteiger charge is -2.30. The average molecular weight is 831 g/mol. The Balaban J connectivity index is 1.13. The van der Waals surface area contributed by atoms with Crippen molar-refractivity contribution in [2.24, 2.45) is 5.73 Å². The second-order valence-electron chi connectivity index (χ2n) is 15.4. The molecule has 0 spiro atoms. The maximum Gasteiger partial charge on any atom is 0.336 e. The first-order valence-electron chi connectivity index (χ1n) is 20.1. The summed E-state index contributed by atoms with van der Waals surface area (Å²) in [4.78, 5) is 110. The number of primary amides is 1. The fraction of sp³-hybridized carbons (Fsp3) is 0.318. The number of hydrogen-bond acceptors (Lipinski definition) is 9. The van der Waals surface area contributed by atoms with Gasteiger partial charge in [-0.2, -0.15) is 0 Å². The van der Waals surface area contributed by atoms with Crippen molar-refractivity contribution in [1.82, 2.24) is 31.2 Å². The van der Waals surface area contributed by atoms with Gasteiger partial charge in [-0.3, -0.25) is 33.6 Å². The van der Waals surface area contributed by atoms with Gasteiger partial charge in [0, 0.05) is 66.1 Å². The van der Waals surface area contributed by atoms with Crippen LogP contribution in [0.2, 0.25) is 0 Å². The Morgan fingerprint density at radius 1 is 0.820 bits per heavy atom. The molecule has 316 valence electrons. The number of H-pyrrole nitrogens is 1. The largest absolute Gasteiger partial charge is 0.423 e. The van der Waals surface area contributed by atoms with Crippen molar-refractivity contribution in [3.63, 3.8) is 0 Å². The average Bonchev–Trinajstić information content (AvgIpc) is 4.00. The number of nitrogens with zero attached hydrogens (tertiary/aromatic N) is 1. The monoisotopic (exact) mass is 830 g/mol. The number of fused-ring (bicyclic) bond motifs is 2. The molecule has 0 saturated carbocycles. The number of nitrogens with two attached hydrogens (primary N) is 1. The van der Waals surface area contributed by atoms with Gasteiger partial charge < -0.3 is 46.6 Å². The Morgan fingerprint density at radius 3 is 2.31 bits per heavy atom. The minimum Gasteiger partial charge on any atom is -0.423 e. The van der Waals surface area contributed by atoms with Crippen molar-refractivity contribution >= 4 is 68.9 Å². The summed E-state index contributed by atoms with van der Waals surface area (Å²) in [6.07, 6.45) is 2.30. The quantitative estimate of drug-likeness (QED) is 0.0756. The third kappa shape index (κ3) is 9.95. The van der Waals surface area contributed by atoms with Crippen LogP contribution in [0.3, 0.4) is 0 Å². The van der Waals surface area contributed by atoms with Gasteiger partial charge in [-0.05, 0) is 61.1 Å². The number of benzene rings is 3. The van der Waals surface area contributed by atoms with E-state index in [-0.39, 0.29) is 50.1 Å². The summed E-state index contributed by atoms with van der Waals surface area (Å²) < 4.78 is 5.39. The maximum atomic E-state index is 14.4. The van der Waals surface area contributed by atoms with Crippen molar-refractivity contribution in [3.8, 4) is 0 Å². The number of nitrogens with one attached hydrogen (secondary N) is 6. The fourth-order valence-corrected chi connectivity index (χ4v) is 7.95. The predicted octanol–water partition coefficient (Wildman–Crippen LogP) is 1.61. The van der Waals surface area contributed by atoms with Crippen LogP contribution >= 0.6 is 0 Å². The lowest BCUT2D eigenvalue weighted by Crippen LogP contribution is -2.59. The number of hydrogen-bond donors (Lipinski definition) is 7. The Hall–Kier alpha value is -7.30. The molecule has 2 saturated heterocycles. The van der Waals surface area contributed by atoms with Crippen LogP contribution in [-0.2, 0) is 46.4 Å². The highest BCUT2D eigenvalue weighted by Gasteiger charge is 2.41. The minimum absolute atomic E-state index is 0.0248. The van der Waals surface area contributed by atoms with E-state index >= 15 is 0 Å². The van der Waals surface area contributed by atoms with E-state index in [1.807, 2.05) is 30.3 Å². The van der Waals surface area contributed by atoms with E-state index in [0.717, 1.165) is 16.5 Å². The van der Waals surface area contributed by atoms with E-state index in [0.29, 0.717) is 28.6 Å². The van der Waals surface area contributed by atoms with Gasteiger partial charge in [0.2, 0.25) is 41.4 Å². The summed E-state index contributed by atoms with van der Waals surface area (Å²) in [7, 11) is 0. The van der Waals surface area contributed by atoms with E-state index in [4.69, 9.17) is 10.2 Å². The van der Waals surface area contributed by atoms with E-state index in [1.54, 1.807) is 49.5 Å². The van der Waals surface area contributed by atoms with Crippen LogP contribution in [0.15, 0.2) is 94.3 Å². The number of carbonyl (C=O) groups is 7. The molecule has 0 radical (unpaired) electrons. The summed E-state index contributed by atoms with van der Waals surface area (Å²) in [6, 6.07) is 17.0. The smallest absolute Gasteiger partial charge is 0.336 e. The first-order valence-corrected chi connectivity index (χ1v) is 20.1. The molecule has 8 N–H and O–H groups in total. The zero-order valence-electron chi connectivity index (χ0n) is 33.3. The standard InChI is InChI=1S/C44H46N8O9/c1-24-18-39(55)61-36-21-27(13-14-28(24)36)47-41(57)33(20-26-23-46-30-11-6-5-10-29(26)30)49-42(58)32(19-25-8-3-2-4-9-25)50-43(59)35-12-7-17-52(35)44(60)34(22-37(45)53)51-40(56)31-15-16-38(54)48-31/h2-6,8-11,13-14,18,21,23,31-35,46H,7,12,15-17,19-20,22H2,1H3,(H2,45,53)(H,47,57)(H,48,54)(H,49,58)(H,50,59)(H,51,56). The van der Waals surface area contributed by atoms with Crippen LogP contribution in [-0.4, -0.2) is 88.0 Å². The number of para-hydroxylation sites is 1. The van der Waals surface area contributed by atoms with Gasteiger partial charge in [-0.15, -0.1) is 0 Å². The highest BCUT2D eigenvalue weighted by Crippen LogP contribution is 2.24. The molecule has 5 unspecified atom stereocenters. The molecule has 17 nitrogen and oxygen atoms in total. The number of anilines is 1. The molecule has 5 atom stereocenters. The van der Waals surface area contributed by atoms with Crippen LogP contribution in [0.4, 0.5) is 5.69 Å². The molecule has 4 heterocycles. The first-order chi connectivity index (χ1) is 29.3. The molecule has 2 fully saturated rings. The third-order valence-electron chi connectivity index (χ3n) is 11.0. The van der Waals surface area contributed by atoms with Gasteiger partial charge in [-0.1, -0.05) is 48.5 Å². The van der Waals surface area contributed by atoms with E-state index in [1.165, 1.54) is 17.0 Å². The molecule has 61 heavy (non-hydrogen) atoms. The lowest BCUT2D eigenvalue weighted by molar-refractivity contribution is -0.143. The van der Waals surface area contributed by atoms with Crippen LogP contribution in [0.25, 0.3) is 21.9 Å². The highest BCUT2D eigenvalue weighted by atomic mass is 16.4. The Bertz CT molecular complexity index is 2570. The molecule has 7 amide bonds. The van der Waals surface area contributed by atoms with Crippen LogP contribution in [0.1, 0.15) is 48.8 Å². The number of likely N-dealkylation sites (tertiary alicyclic amines) is 1. The molecule has 2 aliphatic heterocycles. The molecule has 2 aliphatic rings. The highest BCUT2D eigenvalue weighted by molar-refractivity contribution is 6.01. The number of rotatable bonds is 15. The second kappa shape index (κ2) is 18.3.